The Morgan fingerprint density at radius 2 is 1.88 bits per heavy atom. The lowest BCUT2D eigenvalue weighted by Gasteiger charge is -2.38. The predicted molar refractivity (Wildman–Crippen MR) is 101 cm³/mol. The van der Waals surface area contributed by atoms with Crippen LogP contribution >= 0.6 is 0 Å². The quantitative estimate of drug-likeness (QED) is 0.374. The van der Waals surface area contributed by atoms with Crippen LogP contribution in [0.4, 0.5) is 0 Å². The minimum absolute atomic E-state index is 0.133. The Labute approximate surface area is 148 Å². The number of rotatable bonds is 12. The molecule has 0 saturated heterocycles. The fraction of sp³-hybridized carbons (Fsp3) is 0.850. The van der Waals surface area contributed by atoms with Gasteiger partial charge in [-0.25, -0.2) is 0 Å². The molecule has 1 amide bonds. The molecule has 0 radical (unpaired) electrons. The van der Waals surface area contributed by atoms with Crippen LogP contribution in [0.25, 0.3) is 0 Å². The van der Waals surface area contributed by atoms with Crippen LogP contribution in [-0.4, -0.2) is 29.2 Å². The van der Waals surface area contributed by atoms with Crippen molar-refractivity contribution >= 4 is 5.91 Å². The second-order valence-electron chi connectivity index (χ2n) is 7.42. The SMILES string of the molecule is CCCCCCCCC(=O)NCC1=CCC(O)C(N)(CCCC)C1. The van der Waals surface area contributed by atoms with Crippen LogP contribution in [-0.2, 0) is 4.79 Å². The van der Waals surface area contributed by atoms with Crippen LogP contribution in [0.1, 0.15) is 90.9 Å². The van der Waals surface area contributed by atoms with Gasteiger partial charge in [-0.2, -0.15) is 0 Å². The molecule has 4 heteroatoms. The van der Waals surface area contributed by atoms with Crippen molar-refractivity contribution < 1.29 is 9.90 Å². The lowest BCUT2D eigenvalue weighted by molar-refractivity contribution is -0.121. The maximum absolute atomic E-state index is 12.0. The number of nitrogens with one attached hydrogen (secondary N) is 1. The first-order valence-corrected chi connectivity index (χ1v) is 9.93. The summed E-state index contributed by atoms with van der Waals surface area (Å²) in [4.78, 5) is 12.0. The van der Waals surface area contributed by atoms with E-state index in [9.17, 15) is 9.90 Å². The summed E-state index contributed by atoms with van der Waals surface area (Å²) in [5, 5.41) is 13.2. The zero-order valence-corrected chi connectivity index (χ0v) is 15.8. The molecule has 24 heavy (non-hydrogen) atoms. The van der Waals surface area contributed by atoms with Crippen molar-refractivity contribution in [1.29, 1.82) is 0 Å². The number of unbranched alkanes of at least 4 members (excludes halogenated alkanes) is 6. The third-order valence-electron chi connectivity index (χ3n) is 5.12. The first-order valence-electron chi connectivity index (χ1n) is 9.93. The summed E-state index contributed by atoms with van der Waals surface area (Å²) < 4.78 is 0. The van der Waals surface area contributed by atoms with Crippen LogP contribution < -0.4 is 11.1 Å². The average Bonchev–Trinajstić information content (AvgIpc) is 2.57. The molecule has 1 rings (SSSR count). The molecule has 0 heterocycles. The number of carbonyl (C=O) groups is 1. The first-order chi connectivity index (χ1) is 11.5. The van der Waals surface area contributed by atoms with Crippen molar-refractivity contribution in [2.45, 2.75) is 103 Å². The van der Waals surface area contributed by atoms with Crippen LogP contribution in [0, 0.1) is 0 Å². The molecule has 0 aromatic heterocycles. The molecule has 4 nitrogen and oxygen atoms in total. The minimum Gasteiger partial charge on any atom is -0.391 e. The van der Waals surface area contributed by atoms with Crippen molar-refractivity contribution in [1.82, 2.24) is 5.32 Å². The van der Waals surface area contributed by atoms with Gasteiger partial charge in [-0.05, 0) is 25.7 Å². The largest absolute Gasteiger partial charge is 0.391 e. The van der Waals surface area contributed by atoms with Crippen molar-refractivity contribution in [3.8, 4) is 0 Å². The van der Waals surface area contributed by atoms with E-state index in [4.69, 9.17) is 5.73 Å². The smallest absolute Gasteiger partial charge is 0.220 e. The topological polar surface area (TPSA) is 75.3 Å². The van der Waals surface area contributed by atoms with E-state index in [2.05, 4.69) is 19.2 Å². The van der Waals surface area contributed by atoms with Crippen molar-refractivity contribution in [3.63, 3.8) is 0 Å². The van der Waals surface area contributed by atoms with E-state index in [1.807, 2.05) is 6.08 Å². The fourth-order valence-corrected chi connectivity index (χ4v) is 3.39. The van der Waals surface area contributed by atoms with Gasteiger partial charge in [0.15, 0.2) is 0 Å². The molecule has 0 aromatic carbocycles. The van der Waals surface area contributed by atoms with E-state index in [1.165, 1.54) is 25.7 Å². The first kappa shape index (κ1) is 21.2. The number of hydrogen-bond acceptors (Lipinski definition) is 3. The Kier molecular flexibility index (Phi) is 10.3. The second kappa shape index (κ2) is 11.6. The summed E-state index contributed by atoms with van der Waals surface area (Å²) in [6.07, 6.45) is 13.6. The van der Waals surface area contributed by atoms with Gasteiger partial charge < -0.3 is 16.2 Å². The van der Waals surface area contributed by atoms with Crippen LogP contribution in [0.15, 0.2) is 11.6 Å². The molecule has 0 aliphatic heterocycles. The molecule has 2 atom stereocenters. The number of nitrogens with two attached hydrogens (primary N) is 1. The third-order valence-corrected chi connectivity index (χ3v) is 5.12. The number of hydrogen-bond donors (Lipinski definition) is 3. The fourth-order valence-electron chi connectivity index (χ4n) is 3.39. The van der Waals surface area contributed by atoms with Crippen molar-refractivity contribution in [2.24, 2.45) is 5.73 Å². The Hall–Kier alpha value is -0.870. The van der Waals surface area contributed by atoms with Gasteiger partial charge in [0.1, 0.15) is 0 Å². The van der Waals surface area contributed by atoms with E-state index in [0.29, 0.717) is 25.8 Å². The minimum atomic E-state index is -0.524. The van der Waals surface area contributed by atoms with Gasteiger partial charge in [0.2, 0.25) is 5.91 Å². The zero-order chi connectivity index (χ0) is 17.8. The van der Waals surface area contributed by atoms with E-state index in [0.717, 1.165) is 37.7 Å². The number of aliphatic hydroxyl groups excluding tert-OH is 1. The molecule has 4 N–H and O–H groups in total. The standard InChI is InChI=1S/C20H38N2O2/c1-3-5-7-8-9-10-11-19(24)22-16-17-12-13-18(23)20(21,15-17)14-6-4-2/h12,18,23H,3-11,13-16,21H2,1-2H3,(H,22,24). The molecule has 0 bridgehead atoms. The van der Waals surface area contributed by atoms with E-state index < -0.39 is 11.6 Å². The summed E-state index contributed by atoms with van der Waals surface area (Å²) in [7, 11) is 0. The Morgan fingerprint density at radius 1 is 1.21 bits per heavy atom. The maximum atomic E-state index is 12.0. The van der Waals surface area contributed by atoms with Crippen LogP contribution in [0.3, 0.4) is 0 Å². The van der Waals surface area contributed by atoms with Gasteiger partial charge in [-0.1, -0.05) is 70.4 Å². The average molecular weight is 339 g/mol. The summed E-state index contributed by atoms with van der Waals surface area (Å²) >= 11 is 0. The second-order valence-corrected chi connectivity index (χ2v) is 7.42. The highest BCUT2D eigenvalue weighted by Crippen LogP contribution is 2.30. The number of aliphatic hydroxyl groups is 1. The molecular formula is C20H38N2O2. The van der Waals surface area contributed by atoms with Gasteiger partial charge in [-0.15, -0.1) is 0 Å². The summed E-state index contributed by atoms with van der Waals surface area (Å²) in [5.41, 5.74) is 7.06. The molecular weight excluding hydrogens is 300 g/mol. The lowest BCUT2D eigenvalue weighted by Crippen LogP contribution is -2.53. The third kappa shape index (κ3) is 7.80. The summed E-state index contributed by atoms with van der Waals surface area (Å²) in [5.74, 6) is 0.133. The predicted octanol–water partition coefficient (Wildman–Crippen LogP) is 3.82. The monoisotopic (exact) mass is 338 g/mol. The molecule has 0 spiro atoms. The van der Waals surface area contributed by atoms with Gasteiger partial charge >= 0.3 is 0 Å². The van der Waals surface area contributed by atoms with Gasteiger partial charge in [-0.3, -0.25) is 4.79 Å². The normalized spacial score (nSPS) is 23.8. The molecule has 0 saturated carbocycles. The Bertz CT molecular complexity index is 395. The van der Waals surface area contributed by atoms with Crippen molar-refractivity contribution in [3.05, 3.63) is 11.6 Å². The number of amides is 1. The van der Waals surface area contributed by atoms with Crippen LogP contribution in [0.5, 0.6) is 0 Å². The lowest BCUT2D eigenvalue weighted by atomic mass is 9.76. The van der Waals surface area contributed by atoms with Gasteiger partial charge in [0.05, 0.1) is 6.10 Å². The van der Waals surface area contributed by atoms with Crippen LogP contribution in [0.2, 0.25) is 0 Å². The highest BCUT2D eigenvalue weighted by atomic mass is 16.3. The summed E-state index contributed by atoms with van der Waals surface area (Å²) in [6.45, 7) is 4.93. The number of carbonyl (C=O) groups excluding carboxylic acids is 1. The highest BCUT2D eigenvalue weighted by molar-refractivity contribution is 5.76. The molecule has 140 valence electrons. The molecule has 0 aromatic rings. The van der Waals surface area contributed by atoms with E-state index in [1.54, 1.807) is 0 Å². The van der Waals surface area contributed by atoms with E-state index in [-0.39, 0.29) is 5.91 Å². The molecule has 2 unspecified atom stereocenters. The molecule has 1 aliphatic rings. The zero-order valence-electron chi connectivity index (χ0n) is 15.8. The van der Waals surface area contributed by atoms with Gasteiger partial charge in [0.25, 0.3) is 0 Å². The molecule has 1 aliphatic carbocycles. The summed E-state index contributed by atoms with van der Waals surface area (Å²) in [6, 6.07) is 0. The van der Waals surface area contributed by atoms with Gasteiger partial charge in [0, 0.05) is 18.5 Å². The van der Waals surface area contributed by atoms with Crippen molar-refractivity contribution in [2.75, 3.05) is 6.54 Å². The Balaban J connectivity index is 2.25. The maximum Gasteiger partial charge on any atom is 0.220 e. The molecule has 0 fully saturated rings. The van der Waals surface area contributed by atoms with E-state index >= 15 is 0 Å². The Morgan fingerprint density at radius 3 is 2.58 bits per heavy atom. The highest BCUT2D eigenvalue weighted by Gasteiger charge is 2.36.